The highest BCUT2D eigenvalue weighted by Crippen LogP contribution is 2.64. The van der Waals surface area contributed by atoms with Gasteiger partial charge >= 0.3 is 0 Å². The molecule has 5 heteroatoms. The van der Waals surface area contributed by atoms with Crippen LogP contribution in [-0.4, -0.2) is 23.4 Å². The lowest BCUT2D eigenvalue weighted by molar-refractivity contribution is -0.132. The molecule has 5 nitrogen and oxygen atoms in total. The van der Waals surface area contributed by atoms with Crippen LogP contribution in [0.2, 0.25) is 0 Å². The highest BCUT2D eigenvalue weighted by molar-refractivity contribution is 6.25. The summed E-state index contributed by atoms with van der Waals surface area (Å²) in [4.78, 5) is 54.6. The summed E-state index contributed by atoms with van der Waals surface area (Å²) in [5.41, 5.74) is 3.11. The maximum atomic E-state index is 14.0. The third kappa shape index (κ3) is 2.26. The van der Waals surface area contributed by atoms with Crippen molar-refractivity contribution in [3.05, 3.63) is 101 Å². The summed E-state index contributed by atoms with van der Waals surface area (Å²) in [5, 5.41) is 0. The summed E-state index contributed by atoms with van der Waals surface area (Å²) < 4.78 is 0. The van der Waals surface area contributed by atoms with Crippen LogP contribution in [0.5, 0.6) is 0 Å². The standard InChI is InChI=1S/C28H21NO4/c1-15(30)17-8-7-9-18(14-17)29-26(32)24-23-19-10-3-5-12-21(19)28(16(2)31,25(24)27(29)33)22-13-6-4-11-20(22)23/h3-14,23-25H,1-2H3. The summed E-state index contributed by atoms with van der Waals surface area (Å²) in [6, 6.07) is 22.0. The number of rotatable bonds is 3. The molecule has 1 saturated heterocycles. The Bertz CT molecular complexity index is 1360. The Balaban J connectivity index is 1.64. The number of hydrogen-bond donors (Lipinski definition) is 0. The van der Waals surface area contributed by atoms with E-state index in [2.05, 4.69) is 0 Å². The minimum Gasteiger partial charge on any atom is -0.299 e. The molecule has 7 rings (SSSR count). The van der Waals surface area contributed by atoms with Gasteiger partial charge in [-0.25, -0.2) is 4.90 Å². The van der Waals surface area contributed by atoms with E-state index in [1.807, 2.05) is 48.5 Å². The van der Waals surface area contributed by atoms with E-state index in [9.17, 15) is 19.2 Å². The van der Waals surface area contributed by atoms with E-state index in [1.165, 1.54) is 18.7 Å². The van der Waals surface area contributed by atoms with Crippen molar-refractivity contribution in [2.24, 2.45) is 11.8 Å². The van der Waals surface area contributed by atoms with Gasteiger partial charge < -0.3 is 0 Å². The van der Waals surface area contributed by atoms with E-state index in [1.54, 1.807) is 24.3 Å². The number of carbonyl (C=O) groups is 4. The Morgan fingerprint density at radius 3 is 1.97 bits per heavy atom. The summed E-state index contributed by atoms with van der Waals surface area (Å²) >= 11 is 0. The van der Waals surface area contributed by atoms with E-state index in [4.69, 9.17) is 0 Å². The predicted molar refractivity (Wildman–Crippen MR) is 122 cm³/mol. The largest absolute Gasteiger partial charge is 0.299 e. The second-order valence-corrected chi connectivity index (χ2v) is 9.14. The highest BCUT2D eigenvalue weighted by atomic mass is 16.2. The number of hydrogen-bond acceptors (Lipinski definition) is 4. The fourth-order valence-corrected chi connectivity index (χ4v) is 6.49. The van der Waals surface area contributed by atoms with E-state index in [-0.39, 0.29) is 29.3 Å². The Morgan fingerprint density at radius 1 is 0.788 bits per heavy atom. The van der Waals surface area contributed by atoms with E-state index >= 15 is 0 Å². The van der Waals surface area contributed by atoms with Crippen LogP contribution in [-0.2, 0) is 19.8 Å². The summed E-state index contributed by atoms with van der Waals surface area (Å²) in [6.45, 7) is 2.97. The normalized spacial score (nSPS) is 26.6. The molecular formula is C28H21NO4. The zero-order valence-corrected chi connectivity index (χ0v) is 18.2. The third-order valence-electron chi connectivity index (χ3n) is 7.68. The van der Waals surface area contributed by atoms with Crippen LogP contribution in [0.3, 0.4) is 0 Å². The van der Waals surface area contributed by atoms with E-state index in [0.717, 1.165) is 22.3 Å². The molecule has 0 saturated carbocycles. The third-order valence-corrected chi connectivity index (χ3v) is 7.68. The molecule has 4 aliphatic rings. The van der Waals surface area contributed by atoms with E-state index in [0.29, 0.717) is 11.3 Å². The van der Waals surface area contributed by atoms with Gasteiger partial charge in [-0.15, -0.1) is 0 Å². The number of nitrogens with zero attached hydrogens (tertiary/aromatic N) is 1. The molecule has 2 bridgehead atoms. The zero-order valence-electron chi connectivity index (χ0n) is 18.2. The minimum absolute atomic E-state index is 0.143. The van der Waals surface area contributed by atoms with Crippen LogP contribution in [0.4, 0.5) is 5.69 Å². The van der Waals surface area contributed by atoms with Gasteiger partial charge in [0, 0.05) is 11.5 Å². The SMILES string of the molecule is CC(=O)c1cccc(N2C(=O)C3C4c5ccccc5C(C(C)=O)(c5ccccc54)C3C2=O)c1. The summed E-state index contributed by atoms with van der Waals surface area (Å²) in [7, 11) is 0. The van der Waals surface area contributed by atoms with Crippen molar-refractivity contribution >= 4 is 29.1 Å². The average Bonchev–Trinajstić information content (AvgIpc) is 3.09. The van der Waals surface area contributed by atoms with Gasteiger partial charge in [-0.2, -0.15) is 0 Å². The lowest BCUT2D eigenvalue weighted by atomic mass is 9.46. The number of amides is 2. The Labute approximate surface area is 191 Å². The Kier molecular flexibility index (Phi) is 3.95. The number of benzene rings is 3. The number of imide groups is 1. The first-order valence-electron chi connectivity index (χ1n) is 11.1. The second-order valence-electron chi connectivity index (χ2n) is 9.14. The molecule has 0 aromatic heterocycles. The van der Waals surface area contributed by atoms with Crippen molar-refractivity contribution in [3.63, 3.8) is 0 Å². The molecule has 2 amide bonds. The van der Waals surface area contributed by atoms with E-state index < -0.39 is 17.3 Å². The van der Waals surface area contributed by atoms with Crippen LogP contribution < -0.4 is 4.90 Å². The number of carbonyl (C=O) groups excluding carboxylic acids is 4. The lowest BCUT2D eigenvalue weighted by Crippen LogP contribution is -2.57. The highest BCUT2D eigenvalue weighted by Gasteiger charge is 2.69. The molecule has 1 fully saturated rings. The fourth-order valence-electron chi connectivity index (χ4n) is 6.49. The number of anilines is 1. The average molecular weight is 435 g/mol. The Hall–Kier alpha value is -3.86. The molecule has 33 heavy (non-hydrogen) atoms. The second kappa shape index (κ2) is 6.58. The molecule has 2 unspecified atom stereocenters. The van der Waals surface area contributed by atoms with Gasteiger partial charge in [-0.05, 0) is 48.2 Å². The first-order chi connectivity index (χ1) is 15.9. The molecule has 1 heterocycles. The molecule has 1 aliphatic heterocycles. The molecule has 2 atom stereocenters. The molecule has 3 aromatic rings. The van der Waals surface area contributed by atoms with Gasteiger partial charge in [-0.3, -0.25) is 19.2 Å². The van der Waals surface area contributed by atoms with Crippen molar-refractivity contribution < 1.29 is 19.2 Å². The lowest BCUT2D eigenvalue weighted by Gasteiger charge is -2.52. The quantitative estimate of drug-likeness (QED) is 0.460. The molecule has 0 spiro atoms. The smallest absolute Gasteiger partial charge is 0.239 e. The summed E-state index contributed by atoms with van der Waals surface area (Å²) in [6.07, 6.45) is 0. The fraction of sp³-hybridized carbons (Fsp3) is 0.214. The molecule has 0 radical (unpaired) electrons. The molecular weight excluding hydrogens is 414 g/mol. The molecule has 162 valence electrons. The molecule has 0 N–H and O–H groups in total. The maximum Gasteiger partial charge on any atom is 0.239 e. The Morgan fingerprint density at radius 2 is 1.39 bits per heavy atom. The van der Waals surface area contributed by atoms with Gasteiger partial charge in [0.2, 0.25) is 11.8 Å². The van der Waals surface area contributed by atoms with Crippen LogP contribution in [0, 0.1) is 11.8 Å². The molecule has 3 aliphatic carbocycles. The number of Topliss-reactive ketones (excluding diaryl/α,β-unsaturated/α-hetero) is 2. The van der Waals surface area contributed by atoms with Gasteiger partial charge in [-0.1, -0.05) is 60.7 Å². The molecule has 3 aromatic carbocycles. The number of ketones is 2. The minimum atomic E-state index is -1.22. The maximum absolute atomic E-state index is 14.0. The van der Waals surface area contributed by atoms with Crippen molar-refractivity contribution in [1.82, 2.24) is 0 Å². The van der Waals surface area contributed by atoms with Gasteiger partial charge in [0.25, 0.3) is 0 Å². The summed E-state index contributed by atoms with van der Waals surface area (Å²) in [5.74, 6) is -2.78. The van der Waals surface area contributed by atoms with Crippen LogP contribution in [0.25, 0.3) is 0 Å². The van der Waals surface area contributed by atoms with Crippen molar-refractivity contribution in [2.75, 3.05) is 4.90 Å². The van der Waals surface area contributed by atoms with Crippen LogP contribution in [0.1, 0.15) is 52.4 Å². The van der Waals surface area contributed by atoms with Gasteiger partial charge in [0.15, 0.2) is 5.78 Å². The first-order valence-corrected chi connectivity index (χ1v) is 11.1. The van der Waals surface area contributed by atoms with Crippen molar-refractivity contribution in [3.8, 4) is 0 Å². The predicted octanol–water partition coefficient (Wildman–Crippen LogP) is 4.03. The topological polar surface area (TPSA) is 71.5 Å². The van der Waals surface area contributed by atoms with Gasteiger partial charge in [0.05, 0.1) is 22.9 Å². The van der Waals surface area contributed by atoms with Crippen molar-refractivity contribution in [1.29, 1.82) is 0 Å². The zero-order chi connectivity index (χ0) is 23.1. The van der Waals surface area contributed by atoms with Crippen LogP contribution >= 0.6 is 0 Å². The van der Waals surface area contributed by atoms with Crippen LogP contribution in [0.15, 0.2) is 72.8 Å². The first kappa shape index (κ1) is 19.8. The van der Waals surface area contributed by atoms with Gasteiger partial charge in [0.1, 0.15) is 5.78 Å². The van der Waals surface area contributed by atoms with Crippen molar-refractivity contribution in [2.45, 2.75) is 25.2 Å². The monoisotopic (exact) mass is 435 g/mol.